The molecule has 1 fully saturated rings. The van der Waals surface area contributed by atoms with Crippen LogP contribution in [0.2, 0.25) is 5.15 Å². The summed E-state index contributed by atoms with van der Waals surface area (Å²) in [6.07, 6.45) is 2.42. The van der Waals surface area contributed by atoms with Gasteiger partial charge in [0.15, 0.2) is 11.0 Å². The SMILES string of the molecule is CCOC1CC(Nc2nnc(Cl)c3ccccc23)C1. The largest absolute Gasteiger partial charge is 0.378 e. The van der Waals surface area contributed by atoms with E-state index in [1.54, 1.807) is 0 Å². The molecule has 100 valence electrons. The van der Waals surface area contributed by atoms with E-state index in [4.69, 9.17) is 16.3 Å². The minimum absolute atomic E-state index is 0.383. The summed E-state index contributed by atoms with van der Waals surface area (Å²) in [5, 5.41) is 14.0. The molecule has 1 aliphatic rings. The molecule has 1 heterocycles. The predicted octanol–water partition coefficient (Wildman–Crippen LogP) is 3.26. The minimum Gasteiger partial charge on any atom is -0.378 e. The maximum Gasteiger partial charge on any atom is 0.159 e. The molecule has 1 saturated carbocycles. The number of nitrogens with one attached hydrogen (secondary N) is 1. The number of benzene rings is 1. The number of rotatable bonds is 4. The molecule has 2 aromatic rings. The summed E-state index contributed by atoms with van der Waals surface area (Å²) in [5.41, 5.74) is 0. The molecule has 0 bridgehead atoms. The van der Waals surface area contributed by atoms with Crippen molar-refractivity contribution in [2.45, 2.75) is 31.9 Å². The van der Waals surface area contributed by atoms with Crippen molar-refractivity contribution in [3.63, 3.8) is 0 Å². The van der Waals surface area contributed by atoms with Crippen LogP contribution >= 0.6 is 11.6 Å². The van der Waals surface area contributed by atoms with Crippen LogP contribution in [0.15, 0.2) is 24.3 Å². The number of halogens is 1. The highest BCUT2D eigenvalue weighted by molar-refractivity contribution is 6.34. The fourth-order valence-electron chi connectivity index (χ4n) is 2.43. The van der Waals surface area contributed by atoms with Gasteiger partial charge in [0.1, 0.15) is 0 Å². The van der Waals surface area contributed by atoms with Crippen LogP contribution in [0.5, 0.6) is 0 Å². The molecule has 19 heavy (non-hydrogen) atoms. The predicted molar refractivity (Wildman–Crippen MR) is 76.6 cm³/mol. The Morgan fingerprint density at radius 3 is 2.74 bits per heavy atom. The van der Waals surface area contributed by atoms with Gasteiger partial charge in [-0.05, 0) is 19.8 Å². The van der Waals surface area contributed by atoms with Gasteiger partial charge in [0, 0.05) is 23.4 Å². The average molecular weight is 278 g/mol. The second kappa shape index (κ2) is 5.31. The molecule has 1 aromatic carbocycles. The Labute approximate surface area is 117 Å². The first-order valence-corrected chi connectivity index (χ1v) is 6.94. The van der Waals surface area contributed by atoms with Gasteiger partial charge in [0.2, 0.25) is 0 Å². The van der Waals surface area contributed by atoms with E-state index in [0.29, 0.717) is 17.3 Å². The first-order valence-electron chi connectivity index (χ1n) is 6.57. The first kappa shape index (κ1) is 12.6. The molecule has 0 radical (unpaired) electrons. The lowest BCUT2D eigenvalue weighted by Crippen LogP contribution is -2.41. The smallest absolute Gasteiger partial charge is 0.159 e. The van der Waals surface area contributed by atoms with Crippen molar-refractivity contribution in [3.05, 3.63) is 29.4 Å². The lowest BCUT2D eigenvalue weighted by Gasteiger charge is -2.35. The zero-order valence-electron chi connectivity index (χ0n) is 10.8. The molecule has 1 aromatic heterocycles. The van der Waals surface area contributed by atoms with E-state index in [1.807, 2.05) is 31.2 Å². The Hall–Kier alpha value is -1.39. The Bertz CT molecular complexity index is 584. The standard InChI is InChI=1S/C14H16ClN3O/c1-2-19-10-7-9(8-10)16-14-12-6-4-3-5-11(12)13(15)17-18-14/h3-6,9-10H,2,7-8H2,1H3,(H,16,18). The Morgan fingerprint density at radius 1 is 1.26 bits per heavy atom. The van der Waals surface area contributed by atoms with Crippen molar-refractivity contribution in [2.24, 2.45) is 0 Å². The third kappa shape index (κ3) is 2.51. The zero-order chi connectivity index (χ0) is 13.2. The summed E-state index contributed by atoms with van der Waals surface area (Å²) in [6.45, 7) is 2.81. The van der Waals surface area contributed by atoms with Crippen molar-refractivity contribution in [3.8, 4) is 0 Å². The summed E-state index contributed by atoms with van der Waals surface area (Å²) in [5.74, 6) is 0.806. The number of ether oxygens (including phenoxy) is 1. The summed E-state index contributed by atoms with van der Waals surface area (Å²) in [7, 11) is 0. The van der Waals surface area contributed by atoms with E-state index >= 15 is 0 Å². The highest BCUT2D eigenvalue weighted by atomic mass is 35.5. The molecule has 3 rings (SSSR count). The number of nitrogens with zero attached hydrogens (tertiary/aromatic N) is 2. The minimum atomic E-state index is 0.383. The van der Waals surface area contributed by atoms with Crippen molar-refractivity contribution in [1.29, 1.82) is 0 Å². The summed E-state index contributed by atoms with van der Waals surface area (Å²) in [6, 6.07) is 8.32. The van der Waals surface area contributed by atoms with E-state index in [1.165, 1.54) is 0 Å². The first-order chi connectivity index (χ1) is 9.28. The summed E-state index contributed by atoms with van der Waals surface area (Å²) < 4.78 is 5.56. The van der Waals surface area contributed by atoms with Crippen molar-refractivity contribution >= 4 is 28.2 Å². The molecule has 1 N–H and O–H groups in total. The monoisotopic (exact) mass is 277 g/mol. The van der Waals surface area contributed by atoms with Crippen LogP contribution < -0.4 is 5.32 Å². The quantitative estimate of drug-likeness (QED) is 0.932. The molecule has 0 unspecified atom stereocenters. The van der Waals surface area contributed by atoms with E-state index in [0.717, 1.165) is 36.0 Å². The molecular formula is C14H16ClN3O. The molecule has 0 spiro atoms. The second-order valence-corrected chi connectivity index (χ2v) is 5.13. The van der Waals surface area contributed by atoms with Gasteiger partial charge in [-0.2, -0.15) is 0 Å². The molecule has 0 amide bonds. The Morgan fingerprint density at radius 2 is 2.00 bits per heavy atom. The van der Waals surface area contributed by atoms with Gasteiger partial charge in [-0.1, -0.05) is 35.9 Å². The zero-order valence-corrected chi connectivity index (χ0v) is 11.5. The topological polar surface area (TPSA) is 47.0 Å². The molecular weight excluding hydrogens is 262 g/mol. The van der Waals surface area contributed by atoms with E-state index in [-0.39, 0.29) is 0 Å². The van der Waals surface area contributed by atoms with E-state index in [9.17, 15) is 0 Å². The molecule has 4 nitrogen and oxygen atoms in total. The van der Waals surface area contributed by atoms with Crippen LogP contribution in [-0.4, -0.2) is 29.0 Å². The van der Waals surface area contributed by atoms with Gasteiger partial charge in [0.05, 0.1) is 6.10 Å². The molecule has 1 aliphatic carbocycles. The maximum atomic E-state index is 6.06. The normalized spacial score (nSPS) is 22.2. The fourth-order valence-corrected chi connectivity index (χ4v) is 2.63. The number of aromatic nitrogens is 2. The lowest BCUT2D eigenvalue weighted by atomic mass is 9.89. The van der Waals surface area contributed by atoms with Crippen LogP contribution in [-0.2, 0) is 4.74 Å². The van der Waals surface area contributed by atoms with Gasteiger partial charge in [-0.3, -0.25) is 0 Å². The summed E-state index contributed by atoms with van der Waals surface area (Å²) in [4.78, 5) is 0. The third-order valence-corrected chi connectivity index (χ3v) is 3.76. The third-order valence-electron chi connectivity index (χ3n) is 3.48. The van der Waals surface area contributed by atoms with E-state index in [2.05, 4.69) is 15.5 Å². The van der Waals surface area contributed by atoms with Gasteiger partial charge < -0.3 is 10.1 Å². The number of fused-ring (bicyclic) bond motifs is 1. The van der Waals surface area contributed by atoms with Crippen LogP contribution in [0.1, 0.15) is 19.8 Å². The van der Waals surface area contributed by atoms with Gasteiger partial charge in [0.25, 0.3) is 0 Å². The number of hydrogen-bond donors (Lipinski definition) is 1. The van der Waals surface area contributed by atoms with Crippen molar-refractivity contribution in [1.82, 2.24) is 10.2 Å². The lowest BCUT2D eigenvalue weighted by molar-refractivity contribution is 0.00294. The van der Waals surface area contributed by atoms with Gasteiger partial charge in [-0.25, -0.2) is 0 Å². The van der Waals surface area contributed by atoms with Crippen molar-refractivity contribution < 1.29 is 4.74 Å². The van der Waals surface area contributed by atoms with Crippen LogP contribution in [0, 0.1) is 0 Å². The second-order valence-electron chi connectivity index (χ2n) is 4.78. The number of hydrogen-bond acceptors (Lipinski definition) is 4. The highest BCUT2D eigenvalue weighted by Crippen LogP contribution is 2.30. The fraction of sp³-hybridized carbons (Fsp3) is 0.429. The molecule has 0 saturated heterocycles. The summed E-state index contributed by atoms with van der Waals surface area (Å²) >= 11 is 6.06. The Kier molecular flexibility index (Phi) is 3.53. The van der Waals surface area contributed by atoms with Crippen LogP contribution in [0.25, 0.3) is 10.8 Å². The highest BCUT2D eigenvalue weighted by Gasteiger charge is 2.30. The Balaban J connectivity index is 1.77. The molecule has 5 heteroatoms. The van der Waals surface area contributed by atoms with Gasteiger partial charge >= 0.3 is 0 Å². The molecule has 0 atom stereocenters. The number of anilines is 1. The van der Waals surface area contributed by atoms with Crippen LogP contribution in [0.3, 0.4) is 0 Å². The average Bonchev–Trinajstić information content (AvgIpc) is 2.39. The van der Waals surface area contributed by atoms with Crippen LogP contribution in [0.4, 0.5) is 5.82 Å². The maximum absolute atomic E-state index is 6.06. The van der Waals surface area contributed by atoms with Crippen molar-refractivity contribution in [2.75, 3.05) is 11.9 Å². The molecule has 0 aliphatic heterocycles. The van der Waals surface area contributed by atoms with E-state index < -0.39 is 0 Å². The van der Waals surface area contributed by atoms with Gasteiger partial charge in [-0.15, -0.1) is 10.2 Å².